The minimum absolute atomic E-state index is 0.723. The Morgan fingerprint density at radius 2 is 2.38 bits per heavy atom. The van der Waals surface area contributed by atoms with Crippen molar-refractivity contribution in [1.82, 2.24) is 14.7 Å². The third-order valence-corrected chi connectivity index (χ3v) is 3.53. The molecule has 1 aliphatic rings. The molecule has 0 radical (unpaired) electrons. The van der Waals surface area contributed by atoms with Crippen LogP contribution in [0.3, 0.4) is 0 Å². The summed E-state index contributed by atoms with van der Waals surface area (Å²) < 4.78 is 2.96. The maximum absolute atomic E-state index is 4.55. The zero-order valence-corrected chi connectivity index (χ0v) is 10.8. The van der Waals surface area contributed by atoms with Crippen LogP contribution in [0.25, 0.3) is 5.52 Å². The second-order valence-corrected chi connectivity index (χ2v) is 5.15. The van der Waals surface area contributed by atoms with Gasteiger partial charge in [0, 0.05) is 18.8 Å². The number of rotatable bonds is 3. The lowest BCUT2D eigenvalue weighted by atomic mass is 10.2. The van der Waals surface area contributed by atoms with Crippen LogP contribution in [0.2, 0.25) is 0 Å². The number of imidazole rings is 1. The highest BCUT2D eigenvalue weighted by atomic mass is 79.9. The van der Waals surface area contributed by atoms with E-state index in [-0.39, 0.29) is 0 Å². The van der Waals surface area contributed by atoms with Crippen LogP contribution in [-0.2, 0) is 6.54 Å². The summed E-state index contributed by atoms with van der Waals surface area (Å²) >= 11 is 3.49. The van der Waals surface area contributed by atoms with Gasteiger partial charge in [-0.1, -0.05) is 0 Å². The van der Waals surface area contributed by atoms with Crippen molar-refractivity contribution in [3.05, 3.63) is 34.3 Å². The van der Waals surface area contributed by atoms with Crippen molar-refractivity contribution in [2.75, 3.05) is 0 Å². The standard InChI is InChI=1S/C12H14BrN3/c1-8-4-5-16-11(6-8)10(15-12(16)13)7-14-9-2-3-9/h4-6,9,14H,2-3,7H2,1H3. The zero-order chi connectivity index (χ0) is 11.1. The van der Waals surface area contributed by atoms with E-state index in [0.717, 1.165) is 23.0 Å². The Morgan fingerprint density at radius 3 is 3.12 bits per heavy atom. The predicted molar refractivity (Wildman–Crippen MR) is 67.5 cm³/mol. The van der Waals surface area contributed by atoms with Crippen molar-refractivity contribution in [3.63, 3.8) is 0 Å². The van der Waals surface area contributed by atoms with Crippen LogP contribution in [0, 0.1) is 6.92 Å². The molecule has 16 heavy (non-hydrogen) atoms. The van der Waals surface area contributed by atoms with E-state index in [2.05, 4.69) is 55.9 Å². The van der Waals surface area contributed by atoms with Crippen LogP contribution >= 0.6 is 15.9 Å². The molecule has 2 heterocycles. The minimum atomic E-state index is 0.723. The van der Waals surface area contributed by atoms with Crippen molar-refractivity contribution in [1.29, 1.82) is 0 Å². The first-order valence-electron chi connectivity index (χ1n) is 5.60. The molecule has 0 spiro atoms. The molecule has 0 atom stereocenters. The van der Waals surface area contributed by atoms with Gasteiger partial charge in [0.2, 0.25) is 0 Å². The first-order chi connectivity index (χ1) is 7.74. The monoisotopic (exact) mass is 279 g/mol. The molecule has 1 fully saturated rings. The van der Waals surface area contributed by atoms with E-state index in [1.165, 1.54) is 23.9 Å². The second kappa shape index (κ2) is 3.86. The van der Waals surface area contributed by atoms with E-state index in [0.29, 0.717) is 0 Å². The van der Waals surface area contributed by atoms with Crippen molar-refractivity contribution < 1.29 is 0 Å². The maximum Gasteiger partial charge on any atom is 0.182 e. The number of hydrogen-bond donors (Lipinski definition) is 1. The van der Waals surface area contributed by atoms with E-state index in [1.807, 2.05) is 0 Å². The smallest absolute Gasteiger partial charge is 0.182 e. The molecule has 1 N–H and O–H groups in total. The molecule has 0 aromatic carbocycles. The van der Waals surface area contributed by atoms with E-state index >= 15 is 0 Å². The van der Waals surface area contributed by atoms with Crippen molar-refractivity contribution >= 4 is 21.4 Å². The van der Waals surface area contributed by atoms with Gasteiger partial charge < -0.3 is 5.32 Å². The number of pyridine rings is 1. The molecule has 0 aliphatic heterocycles. The Bertz CT molecular complexity index is 528. The Morgan fingerprint density at radius 1 is 1.56 bits per heavy atom. The molecule has 0 saturated heterocycles. The highest BCUT2D eigenvalue weighted by Gasteiger charge is 2.21. The summed E-state index contributed by atoms with van der Waals surface area (Å²) in [5.41, 5.74) is 3.59. The van der Waals surface area contributed by atoms with Gasteiger partial charge in [-0.15, -0.1) is 0 Å². The highest BCUT2D eigenvalue weighted by Crippen LogP contribution is 2.22. The molecule has 0 amide bonds. The van der Waals surface area contributed by atoms with Crippen molar-refractivity contribution in [3.8, 4) is 0 Å². The first-order valence-corrected chi connectivity index (χ1v) is 6.40. The molecule has 84 valence electrons. The lowest BCUT2D eigenvalue weighted by Gasteiger charge is -2.01. The topological polar surface area (TPSA) is 29.3 Å². The molecule has 3 nitrogen and oxygen atoms in total. The molecule has 3 rings (SSSR count). The fourth-order valence-corrected chi connectivity index (χ4v) is 2.39. The SMILES string of the molecule is Cc1ccn2c(Br)nc(CNC3CC3)c2c1. The van der Waals surface area contributed by atoms with Crippen LogP contribution in [0.15, 0.2) is 23.1 Å². The van der Waals surface area contributed by atoms with Gasteiger partial charge in [0.1, 0.15) is 0 Å². The van der Waals surface area contributed by atoms with E-state index < -0.39 is 0 Å². The Balaban J connectivity index is 1.98. The molecular weight excluding hydrogens is 266 g/mol. The average Bonchev–Trinajstić information content (AvgIpc) is 3.03. The summed E-state index contributed by atoms with van der Waals surface area (Å²) in [6, 6.07) is 5.00. The van der Waals surface area contributed by atoms with E-state index in [1.54, 1.807) is 0 Å². The molecule has 0 unspecified atom stereocenters. The van der Waals surface area contributed by atoms with Crippen LogP contribution in [0.1, 0.15) is 24.1 Å². The molecule has 1 saturated carbocycles. The Hall–Kier alpha value is -0.870. The highest BCUT2D eigenvalue weighted by molar-refractivity contribution is 9.10. The fraction of sp³-hybridized carbons (Fsp3) is 0.417. The van der Waals surface area contributed by atoms with Crippen molar-refractivity contribution in [2.45, 2.75) is 32.4 Å². The largest absolute Gasteiger partial charge is 0.308 e. The molecule has 0 bridgehead atoms. The van der Waals surface area contributed by atoms with Gasteiger partial charge in [0.05, 0.1) is 11.2 Å². The van der Waals surface area contributed by atoms with Crippen LogP contribution in [0.5, 0.6) is 0 Å². The molecule has 1 aliphatic carbocycles. The first kappa shape index (κ1) is 10.3. The van der Waals surface area contributed by atoms with Gasteiger partial charge in [-0.25, -0.2) is 4.98 Å². The summed E-state index contributed by atoms with van der Waals surface area (Å²) in [6.45, 7) is 2.97. The van der Waals surface area contributed by atoms with Gasteiger partial charge in [-0.3, -0.25) is 4.40 Å². The molecule has 2 aromatic heterocycles. The van der Waals surface area contributed by atoms with E-state index in [9.17, 15) is 0 Å². The molecular formula is C12H14BrN3. The third-order valence-electron chi connectivity index (χ3n) is 2.97. The number of fused-ring (bicyclic) bond motifs is 1. The zero-order valence-electron chi connectivity index (χ0n) is 9.20. The van der Waals surface area contributed by atoms with Gasteiger partial charge >= 0.3 is 0 Å². The van der Waals surface area contributed by atoms with Gasteiger partial charge in [-0.2, -0.15) is 0 Å². The number of aromatic nitrogens is 2. The lowest BCUT2D eigenvalue weighted by molar-refractivity contribution is 0.679. The summed E-state index contributed by atoms with van der Waals surface area (Å²) in [7, 11) is 0. The number of nitrogens with one attached hydrogen (secondary N) is 1. The van der Waals surface area contributed by atoms with Gasteiger partial charge in [0.25, 0.3) is 0 Å². The van der Waals surface area contributed by atoms with Crippen LogP contribution in [0.4, 0.5) is 0 Å². The number of nitrogens with zero attached hydrogens (tertiary/aromatic N) is 2. The third kappa shape index (κ3) is 1.87. The summed E-state index contributed by atoms with van der Waals surface area (Å²) in [5.74, 6) is 0. The van der Waals surface area contributed by atoms with Gasteiger partial charge in [-0.05, 0) is 53.4 Å². The summed E-state index contributed by atoms with van der Waals surface area (Å²) in [4.78, 5) is 4.55. The Labute approximate surface area is 103 Å². The molecule has 2 aromatic rings. The van der Waals surface area contributed by atoms with Gasteiger partial charge in [0.15, 0.2) is 4.73 Å². The number of hydrogen-bond acceptors (Lipinski definition) is 2. The fourth-order valence-electron chi connectivity index (χ4n) is 1.87. The normalized spacial score (nSPS) is 15.9. The Kier molecular flexibility index (Phi) is 2.48. The minimum Gasteiger partial charge on any atom is -0.308 e. The molecule has 4 heteroatoms. The number of halogens is 1. The predicted octanol–water partition coefficient (Wildman–Crippen LogP) is 2.66. The van der Waals surface area contributed by atoms with Crippen LogP contribution in [-0.4, -0.2) is 15.4 Å². The van der Waals surface area contributed by atoms with Crippen LogP contribution < -0.4 is 5.32 Å². The van der Waals surface area contributed by atoms with Crippen molar-refractivity contribution in [2.24, 2.45) is 0 Å². The lowest BCUT2D eigenvalue weighted by Crippen LogP contribution is -2.15. The maximum atomic E-state index is 4.55. The second-order valence-electron chi connectivity index (χ2n) is 4.44. The summed E-state index contributed by atoms with van der Waals surface area (Å²) in [5, 5.41) is 3.50. The number of aryl methyl sites for hydroxylation is 1. The quantitative estimate of drug-likeness (QED) is 0.936. The summed E-state index contributed by atoms with van der Waals surface area (Å²) in [6.07, 6.45) is 4.68. The average molecular weight is 280 g/mol. The van der Waals surface area contributed by atoms with E-state index in [4.69, 9.17) is 0 Å².